The summed E-state index contributed by atoms with van der Waals surface area (Å²) in [6.45, 7) is 10.3. The fourth-order valence-electron chi connectivity index (χ4n) is 4.52. The molecule has 55 heavy (non-hydrogen) atoms. The second-order valence-electron chi connectivity index (χ2n) is 13.4. The lowest BCUT2D eigenvalue weighted by atomic mass is 9.93. The Hall–Kier alpha value is -5.45. The highest BCUT2D eigenvalue weighted by molar-refractivity contribution is 5.99. The average molecular weight is 769 g/mol. The first-order valence-corrected chi connectivity index (χ1v) is 17.8. The third kappa shape index (κ3) is 18.4. The molecule has 302 valence electrons. The van der Waals surface area contributed by atoms with Gasteiger partial charge in [-0.15, -0.1) is 0 Å². The predicted molar refractivity (Wildman–Crippen MR) is 207 cm³/mol. The number of methoxy groups -OCH3 is 1. The second-order valence-corrected chi connectivity index (χ2v) is 13.4. The number of carbonyl (C=O) groups excluding carboxylic acids is 7. The molecule has 0 spiro atoms. The van der Waals surface area contributed by atoms with Gasteiger partial charge in [0.2, 0.25) is 29.5 Å². The minimum Gasteiger partial charge on any atom is -0.466 e. The highest BCUT2D eigenvalue weighted by Gasteiger charge is 2.27. The van der Waals surface area contributed by atoms with Crippen LogP contribution in [-0.2, 0) is 51.5 Å². The van der Waals surface area contributed by atoms with Crippen molar-refractivity contribution in [2.75, 3.05) is 24.3 Å². The van der Waals surface area contributed by atoms with Crippen molar-refractivity contribution in [2.24, 2.45) is 23.5 Å². The summed E-state index contributed by atoms with van der Waals surface area (Å²) in [4.78, 5) is 83.8. The number of aliphatic hydroxyl groups is 2. The highest BCUT2D eigenvalue weighted by atomic mass is 16.5. The fraction of sp³-hybridized carbons (Fsp3) is 0.462. The molecule has 0 aliphatic carbocycles. The van der Waals surface area contributed by atoms with E-state index in [2.05, 4.69) is 31.3 Å². The van der Waals surface area contributed by atoms with Gasteiger partial charge >= 0.3 is 5.97 Å². The Labute approximate surface area is 322 Å². The number of amides is 5. The number of nitrogens with two attached hydrogens (primary N) is 1. The summed E-state index contributed by atoms with van der Waals surface area (Å²) in [6.07, 6.45) is 1.99. The van der Waals surface area contributed by atoms with E-state index in [0.29, 0.717) is 16.9 Å². The van der Waals surface area contributed by atoms with Crippen LogP contribution in [0.4, 0.5) is 11.4 Å². The second kappa shape index (κ2) is 24.8. The zero-order valence-electron chi connectivity index (χ0n) is 32.5. The van der Waals surface area contributed by atoms with Crippen LogP contribution in [0.5, 0.6) is 0 Å². The van der Waals surface area contributed by atoms with Crippen LogP contribution < -0.4 is 32.3 Å². The van der Waals surface area contributed by atoms with Crippen LogP contribution in [0.1, 0.15) is 65.5 Å². The van der Waals surface area contributed by atoms with E-state index in [4.69, 9.17) is 15.9 Å². The minimum absolute atomic E-state index is 0.00348. The fourth-order valence-corrected chi connectivity index (χ4v) is 4.52. The van der Waals surface area contributed by atoms with Crippen LogP contribution in [0, 0.1) is 17.8 Å². The summed E-state index contributed by atoms with van der Waals surface area (Å²) in [5.74, 6) is -3.61. The Kier molecular flexibility index (Phi) is 21.4. The van der Waals surface area contributed by atoms with Gasteiger partial charge in [-0.05, 0) is 54.2 Å². The zero-order valence-corrected chi connectivity index (χ0v) is 32.5. The molecule has 4 atom stereocenters. The SMILES string of the molecule is CC(C)[C@H](N)C(=O)C[C@@H](C)C(=O)Nc1ccc(CO)cc1.COC(=O)/C=C\C(=O)NCCC(=O)N[C@H](C(=O)N[C@@H](C)C(=O)Nc1ccc(CO)cc1)C(C)C. The monoisotopic (exact) mass is 768 g/mol. The lowest BCUT2D eigenvalue weighted by molar-refractivity contribution is -0.135. The number of carbonyl (C=O) groups is 7. The van der Waals surface area contributed by atoms with Gasteiger partial charge in [0, 0.05) is 48.8 Å². The number of ether oxygens (including phenoxy) is 1. The van der Waals surface area contributed by atoms with Crippen LogP contribution in [0.25, 0.3) is 0 Å². The van der Waals surface area contributed by atoms with Crippen molar-refractivity contribution in [1.82, 2.24) is 16.0 Å². The molecule has 0 saturated heterocycles. The first kappa shape index (κ1) is 47.6. The molecular formula is C39H56N6O10. The Morgan fingerprint density at radius 2 is 1.22 bits per heavy atom. The van der Waals surface area contributed by atoms with E-state index in [0.717, 1.165) is 17.7 Å². The third-order valence-corrected chi connectivity index (χ3v) is 8.09. The zero-order chi connectivity index (χ0) is 41.7. The molecule has 0 fully saturated rings. The summed E-state index contributed by atoms with van der Waals surface area (Å²) in [6, 6.07) is 11.2. The number of rotatable bonds is 19. The third-order valence-electron chi connectivity index (χ3n) is 8.09. The Morgan fingerprint density at radius 3 is 1.67 bits per heavy atom. The van der Waals surface area contributed by atoms with Crippen molar-refractivity contribution in [3.8, 4) is 0 Å². The number of Topliss-reactive ketones (excluding diaryl/α,β-unsaturated/α-hetero) is 1. The van der Waals surface area contributed by atoms with Crippen LogP contribution in [0.15, 0.2) is 60.7 Å². The molecule has 0 heterocycles. The quantitative estimate of drug-likeness (QED) is 0.0754. The van der Waals surface area contributed by atoms with Crippen molar-refractivity contribution >= 4 is 52.7 Å². The summed E-state index contributed by atoms with van der Waals surface area (Å²) >= 11 is 0. The van der Waals surface area contributed by atoms with E-state index < -0.39 is 53.6 Å². The number of aliphatic hydroxyl groups excluding tert-OH is 2. The van der Waals surface area contributed by atoms with Gasteiger partial charge in [-0.25, -0.2) is 4.79 Å². The van der Waals surface area contributed by atoms with Crippen molar-refractivity contribution in [1.29, 1.82) is 0 Å². The summed E-state index contributed by atoms with van der Waals surface area (Å²) in [5.41, 5.74) is 8.42. The number of anilines is 2. The Balaban J connectivity index is 0.000000615. The average Bonchev–Trinajstić information content (AvgIpc) is 3.15. The molecule has 0 bridgehead atoms. The van der Waals surface area contributed by atoms with E-state index >= 15 is 0 Å². The van der Waals surface area contributed by atoms with Crippen LogP contribution in [-0.4, -0.2) is 83.3 Å². The molecule has 9 N–H and O–H groups in total. The molecule has 0 aliphatic rings. The summed E-state index contributed by atoms with van der Waals surface area (Å²) in [5, 5.41) is 31.1. The molecule has 0 saturated carbocycles. The van der Waals surface area contributed by atoms with Crippen molar-refractivity contribution in [3.05, 3.63) is 71.8 Å². The topological polar surface area (TPSA) is 255 Å². The highest BCUT2D eigenvalue weighted by Crippen LogP contribution is 2.15. The summed E-state index contributed by atoms with van der Waals surface area (Å²) < 4.78 is 4.37. The molecule has 5 amide bonds. The number of ketones is 1. The number of hydrogen-bond donors (Lipinski definition) is 8. The van der Waals surface area contributed by atoms with Gasteiger partial charge in [0.15, 0.2) is 5.78 Å². The van der Waals surface area contributed by atoms with Crippen molar-refractivity contribution < 1.29 is 48.5 Å². The number of nitrogens with one attached hydrogen (secondary N) is 5. The molecule has 2 rings (SSSR count). The van der Waals surface area contributed by atoms with Crippen molar-refractivity contribution in [3.63, 3.8) is 0 Å². The minimum atomic E-state index is -0.887. The van der Waals surface area contributed by atoms with Crippen LogP contribution >= 0.6 is 0 Å². The molecular weight excluding hydrogens is 712 g/mol. The smallest absolute Gasteiger partial charge is 0.330 e. The maximum Gasteiger partial charge on any atom is 0.330 e. The van der Waals surface area contributed by atoms with Gasteiger partial charge in [0.05, 0.1) is 26.4 Å². The van der Waals surface area contributed by atoms with Crippen LogP contribution in [0.3, 0.4) is 0 Å². The van der Waals surface area contributed by atoms with Crippen molar-refractivity contribution in [2.45, 2.75) is 85.7 Å². The van der Waals surface area contributed by atoms with Gasteiger partial charge in [-0.2, -0.15) is 0 Å². The van der Waals surface area contributed by atoms with Gasteiger partial charge in [-0.3, -0.25) is 28.8 Å². The van der Waals surface area contributed by atoms with Crippen LogP contribution in [0.2, 0.25) is 0 Å². The maximum absolute atomic E-state index is 12.7. The van der Waals surface area contributed by atoms with Gasteiger partial charge in [0.1, 0.15) is 12.1 Å². The molecule has 0 aromatic heterocycles. The number of benzene rings is 2. The molecule has 0 unspecified atom stereocenters. The lowest BCUT2D eigenvalue weighted by Crippen LogP contribution is -2.54. The summed E-state index contributed by atoms with van der Waals surface area (Å²) in [7, 11) is 1.18. The Morgan fingerprint density at radius 1 is 0.709 bits per heavy atom. The van der Waals surface area contributed by atoms with E-state index in [1.807, 2.05) is 13.8 Å². The van der Waals surface area contributed by atoms with E-state index in [9.17, 15) is 33.6 Å². The number of esters is 1. The van der Waals surface area contributed by atoms with Gasteiger partial charge < -0.3 is 47.3 Å². The van der Waals surface area contributed by atoms with E-state index in [1.54, 1.807) is 69.3 Å². The molecule has 16 heteroatoms. The maximum atomic E-state index is 12.7. The largest absolute Gasteiger partial charge is 0.466 e. The first-order valence-electron chi connectivity index (χ1n) is 17.8. The molecule has 0 aliphatic heterocycles. The standard InChI is InChI=1S/C23H32N4O7.C16H24N2O3/c1-14(2)21(27-19(30)11-12-24-18(29)9-10-20(31)34-4)23(33)25-15(3)22(32)26-17-7-5-16(13-28)6-8-17;1-10(2)15(17)14(20)8-11(3)16(21)18-13-6-4-12(9-19)5-7-13/h5-10,14-15,21,28H,11-13H2,1-4H3,(H,24,29)(H,25,33)(H,26,32)(H,27,30);4-7,10-11,15,19H,8-9,17H2,1-3H3,(H,18,21)/b10-9-;/t15-,21-;11-,15+/m01/s1. The molecule has 2 aromatic carbocycles. The van der Waals surface area contributed by atoms with E-state index in [1.165, 1.54) is 14.0 Å². The van der Waals surface area contributed by atoms with Gasteiger partial charge in [-0.1, -0.05) is 58.9 Å². The normalized spacial score (nSPS) is 13.0. The Bertz CT molecular complexity index is 1610. The molecule has 0 radical (unpaired) electrons. The molecule has 16 nitrogen and oxygen atoms in total. The van der Waals surface area contributed by atoms with E-state index in [-0.39, 0.29) is 56.1 Å². The lowest BCUT2D eigenvalue weighted by Gasteiger charge is -2.24. The number of hydrogen-bond acceptors (Lipinski definition) is 11. The first-order chi connectivity index (χ1) is 25.9. The van der Waals surface area contributed by atoms with Gasteiger partial charge in [0.25, 0.3) is 0 Å². The predicted octanol–water partition coefficient (Wildman–Crippen LogP) is 1.69. The molecule has 2 aromatic rings.